The Hall–Kier alpha value is -5.08. The first kappa shape index (κ1) is 33.3. The molecule has 3 N–H and O–H groups in total. The molecule has 1 fully saturated rings. The first-order valence-corrected chi connectivity index (χ1v) is 14.9. The molecule has 2 aromatic carbocycles. The van der Waals surface area contributed by atoms with Crippen LogP contribution in [0.1, 0.15) is 32.6 Å². The third kappa shape index (κ3) is 8.40. The number of piperazine rings is 1. The Morgan fingerprint density at radius 3 is 2.53 bits per heavy atom. The molecule has 0 aliphatic carbocycles. The van der Waals surface area contributed by atoms with Crippen molar-refractivity contribution in [2.45, 2.75) is 19.6 Å². The second-order valence-corrected chi connectivity index (χ2v) is 11.1. The van der Waals surface area contributed by atoms with E-state index in [1.807, 2.05) is 18.0 Å². The molecule has 1 saturated heterocycles. The SMILES string of the molecule is CN=Cc1c(NC)nc(Nc2cccnc2)nc1Oc1cc(C(=O)Nc2ccc(CN3CCN(C)CC3)c(C(F)(F)F)c2)ccc1C. The molecule has 246 valence electrons. The van der Waals surface area contributed by atoms with Gasteiger partial charge in [0.25, 0.3) is 5.91 Å². The Labute approximate surface area is 270 Å². The predicted molar refractivity (Wildman–Crippen MR) is 176 cm³/mol. The number of rotatable bonds is 10. The number of benzene rings is 2. The van der Waals surface area contributed by atoms with Gasteiger partial charge < -0.3 is 25.6 Å². The zero-order valence-corrected chi connectivity index (χ0v) is 26.5. The van der Waals surface area contributed by atoms with Crippen molar-refractivity contribution in [3.63, 3.8) is 0 Å². The van der Waals surface area contributed by atoms with Crippen LogP contribution < -0.4 is 20.7 Å². The average Bonchev–Trinajstić information content (AvgIpc) is 3.05. The van der Waals surface area contributed by atoms with Gasteiger partial charge in [-0.05, 0) is 61.5 Å². The van der Waals surface area contributed by atoms with E-state index in [9.17, 15) is 18.0 Å². The first-order chi connectivity index (χ1) is 22.5. The molecule has 3 heterocycles. The zero-order chi connectivity index (χ0) is 33.6. The molecule has 4 aromatic rings. The number of aromatic nitrogens is 3. The first-order valence-electron chi connectivity index (χ1n) is 14.9. The highest BCUT2D eigenvalue weighted by Crippen LogP contribution is 2.35. The van der Waals surface area contributed by atoms with Gasteiger partial charge in [0.2, 0.25) is 11.8 Å². The van der Waals surface area contributed by atoms with Crippen LogP contribution >= 0.6 is 0 Å². The number of ether oxygens (including phenoxy) is 1. The van der Waals surface area contributed by atoms with E-state index in [0.29, 0.717) is 41.5 Å². The molecule has 5 rings (SSSR count). The minimum absolute atomic E-state index is 0.0366. The number of aliphatic imine (C=N–C) groups is 1. The summed E-state index contributed by atoms with van der Waals surface area (Å²) in [5.41, 5.74) is 1.44. The lowest BCUT2D eigenvalue weighted by molar-refractivity contribution is -0.138. The van der Waals surface area contributed by atoms with Crippen LogP contribution in [0, 0.1) is 6.92 Å². The number of likely N-dealkylation sites (N-methyl/N-ethyl adjacent to an activating group) is 1. The maximum absolute atomic E-state index is 14.1. The van der Waals surface area contributed by atoms with Gasteiger partial charge in [0.05, 0.1) is 23.0 Å². The van der Waals surface area contributed by atoms with Crippen molar-refractivity contribution in [2.24, 2.45) is 4.99 Å². The molecule has 47 heavy (non-hydrogen) atoms. The maximum atomic E-state index is 14.1. The van der Waals surface area contributed by atoms with Gasteiger partial charge in [-0.15, -0.1) is 0 Å². The Morgan fingerprint density at radius 1 is 1.06 bits per heavy atom. The van der Waals surface area contributed by atoms with Crippen LogP contribution in [0.5, 0.6) is 11.6 Å². The molecule has 0 unspecified atom stereocenters. The molecular weight excluding hydrogens is 611 g/mol. The van der Waals surface area contributed by atoms with Gasteiger partial charge in [-0.1, -0.05) is 12.1 Å². The molecule has 2 aromatic heterocycles. The number of hydrogen-bond donors (Lipinski definition) is 3. The molecule has 0 atom stereocenters. The quantitative estimate of drug-likeness (QED) is 0.183. The van der Waals surface area contributed by atoms with E-state index in [4.69, 9.17) is 4.74 Å². The second kappa shape index (κ2) is 14.6. The minimum atomic E-state index is -4.58. The molecule has 1 aliphatic rings. The number of carbonyl (C=O) groups excluding carboxylic acids is 1. The third-order valence-corrected chi connectivity index (χ3v) is 7.64. The van der Waals surface area contributed by atoms with Crippen LogP contribution in [-0.2, 0) is 12.7 Å². The molecule has 14 heteroatoms. The van der Waals surface area contributed by atoms with Crippen molar-refractivity contribution in [3.8, 4) is 11.6 Å². The highest BCUT2D eigenvalue weighted by atomic mass is 19.4. The normalized spacial score (nSPS) is 14.3. The summed E-state index contributed by atoms with van der Waals surface area (Å²) in [5.74, 6) is 0.550. The second-order valence-electron chi connectivity index (χ2n) is 11.1. The standard InChI is InChI=1S/C33H36F3N9O2/c1-21-7-8-22(30(46)40-24-10-9-23(27(17-24)33(34,35)36)20-45-14-12-44(4)13-15-45)16-28(21)47-31-26(19-37-2)29(38-3)42-32(43-31)41-25-6-5-11-39-18-25/h5-11,16-19H,12-15,20H2,1-4H3,(H,40,46)(H2,38,41,42,43). The third-order valence-electron chi connectivity index (χ3n) is 7.64. The van der Waals surface area contributed by atoms with Crippen LogP contribution in [0.25, 0.3) is 0 Å². The van der Waals surface area contributed by atoms with E-state index in [1.54, 1.807) is 57.8 Å². The van der Waals surface area contributed by atoms with Gasteiger partial charge in [-0.3, -0.25) is 19.7 Å². The summed E-state index contributed by atoms with van der Waals surface area (Å²) in [6.07, 6.45) is 0.232. The van der Waals surface area contributed by atoms with Crippen molar-refractivity contribution in [1.82, 2.24) is 24.8 Å². The Bertz CT molecular complexity index is 1740. The lowest BCUT2D eigenvalue weighted by atomic mass is 10.0. The van der Waals surface area contributed by atoms with E-state index in [1.165, 1.54) is 18.2 Å². The van der Waals surface area contributed by atoms with Crippen LogP contribution in [-0.4, -0.2) is 84.2 Å². The van der Waals surface area contributed by atoms with Gasteiger partial charge in [-0.25, -0.2) is 0 Å². The number of aryl methyl sites for hydroxylation is 1. The molecule has 0 bridgehead atoms. The summed E-state index contributed by atoms with van der Waals surface area (Å²) >= 11 is 0. The fourth-order valence-electron chi connectivity index (χ4n) is 5.05. The number of pyridine rings is 1. The predicted octanol–water partition coefficient (Wildman–Crippen LogP) is 5.82. The lowest BCUT2D eigenvalue weighted by Gasteiger charge is -2.33. The van der Waals surface area contributed by atoms with Crippen molar-refractivity contribution < 1.29 is 22.7 Å². The highest BCUT2D eigenvalue weighted by Gasteiger charge is 2.34. The Balaban J connectivity index is 1.39. The summed E-state index contributed by atoms with van der Waals surface area (Å²) in [6.45, 7) is 4.94. The number of nitrogens with zero attached hydrogens (tertiary/aromatic N) is 6. The van der Waals surface area contributed by atoms with Crippen LogP contribution in [0.4, 0.5) is 36.3 Å². The zero-order valence-electron chi connectivity index (χ0n) is 26.5. The van der Waals surface area contributed by atoms with Crippen molar-refractivity contribution in [1.29, 1.82) is 0 Å². The fraction of sp³-hybridized carbons (Fsp3) is 0.303. The number of anilines is 4. The van der Waals surface area contributed by atoms with Gasteiger partial charge in [0.15, 0.2) is 0 Å². The fourth-order valence-corrected chi connectivity index (χ4v) is 5.05. The van der Waals surface area contributed by atoms with Gasteiger partial charge in [0.1, 0.15) is 11.6 Å². The van der Waals surface area contributed by atoms with E-state index >= 15 is 0 Å². The van der Waals surface area contributed by atoms with Crippen molar-refractivity contribution in [3.05, 3.63) is 88.7 Å². The molecule has 1 amide bonds. The summed E-state index contributed by atoms with van der Waals surface area (Å²) in [5, 5.41) is 8.73. The number of amides is 1. The molecular formula is C33H36F3N9O2. The van der Waals surface area contributed by atoms with Crippen LogP contribution in [0.2, 0.25) is 0 Å². The molecule has 0 saturated carbocycles. The van der Waals surface area contributed by atoms with E-state index < -0.39 is 17.6 Å². The topological polar surface area (TPSA) is 120 Å². The van der Waals surface area contributed by atoms with Crippen molar-refractivity contribution >= 4 is 35.3 Å². The number of hydrogen-bond acceptors (Lipinski definition) is 10. The Kier molecular flexibility index (Phi) is 10.3. The molecule has 0 radical (unpaired) electrons. The van der Waals surface area contributed by atoms with Gasteiger partial charge in [-0.2, -0.15) is 23.1 Å². The molecule has 1 aliphatic heterocycles. The largest absolute Gasteiger partial charge is 0.438 e. The number of carbonyl (C=O) groups is 1. The van der Waals surface area contributed by atoms with Crippen LogP contribution in [0.3, 0.4) is 0 Å². The van der Waals surface area contributed by atoms with E-state index in [2.05, 4.69) is 40.8 Å². The number of nitrogens with one attached hydrogen (secondary N) is 3. The summed E-state index contributed by atoms with van der Waals surface area (Å²) in [6, 6.07) is 12.3. The summed E-state index contributed by atoms with van der Waals surface area (Å²) < 4.78 is 48.6. The lowest BCUT2D eigenvalue weighted by Crippen LogP contribution is -2.44. The number of alkyl halides is 3. The van der Waals surface area contributed by atoms with E-state index in [-0.39, 0.29) is 35.2 Å². The Morgan fingerprint density at radius 2 is 1.85 bits per heavy atom. The smallest absolute Gasteiger partial charge is 0.416 e. The molecule has 11 nitrogen and oxygen atoms in total. The minimum Gasteiger partial charge on any atom is -0.438 e. The van der Waals surface area contributed by atoms with Gasteiger partial charge in [0, 0.05) is 70.5 Å². The molecule has 0 spiro atoms. The summed E-state index contributed by atoms with van der Waals surface area (Å²) in [7, 11) is 5.29. The van der Waals surface area contributed by atoms with Crippen LogP contribution in [0.15, 0.2) is 65.9 Å². The van der Waals surface area contributed by atoms with E-state index in [0.717, 1.165) is 19.2 Å². The number of halogens is 3. The van der Waals surface area contributed by atoms with Crippen molar-refractivity contribution in [2.75, 3.05) is 63.3 Å². The highest BCUT2D eigenvalue weighted by molar-refractivity contribution is 6.04. The summed E-state index contributed by atoms with van der Waals surface area (Å²) in [4.78, 5) is 34.7. The average molecular weight is 648 g/mol. The maximum Gasteiger partial charge on any atom is 0.416 e. The monoisotopic (exact) mass is 647 g/mol. The van der Waals surface area contributed by atoms with Gasteiger partial charge >= 0.3 is 6.18 Å².